The Balaban J connectivity index is 2.27. The molecular weight excluding hydrogens is 262 g/mol. The van der Waals surface area contributed by atoms with Gasteiger partial charge < -0.3 is 5.11 Å². The SMILES string of the molecule is Cc1c([N+](=O)[O-])c(C(=O)O)nn1CCc1ccccc1. The molecule has 20 heavy (non-hydrogen) atoms. The molecule has 1 aromatic heterocycles. The number of carboxylic acids is 1. The van der Waals surface area contributed by atoms with Gasteiger partial charge in [-0.1, -0.05) is 30.3 Å². The second-order valence-electron chi connectivity index (χ2n) is 4.30. The van der Waals surface area contributed by atoms with E-state index >= 15 is 0 Å². The predicted octanol–water partition coefficient (Wildman–Crippen LogP) is 2.04. The number of carbonyl (C=O) groups is 1. The van der Waals surface area contributed by atoms with Crippen LogP contribution in [0.25, 0.3) is 0 Å². The number of nitro groups is 1. The summed E-state index contributed by atoms with van der Waals surface area (Å²) in [6.45, 7) is 1.90. The Morgan fingerprint density at radius 1 is 1.40 bits per heavy atom. The average molecular weight is 275 g/mol. The molecule has 1 heterocycles. The predicted molar refractivity (Wildman–Crippen MR) is 70.7 cm³/mol. The molecule has 0 atom stereocenters. The number of rotatable bonds is 5. The lowest BCUT2D eigenvalue weighted by atomic mass is 10.1. The van der Waals surface area contributed by atoms with Gasteiger partial charge in [-0.15, -0.1) is 0 Å². The summed E-state index contributed by atoms with van der Waals surface area (Å²) in [6, 6.07) is 9.57. The lowest BCUT2D eigenvalue weighted by molar-refractivity contribution is -0.385. The molecule has 0 aliphatic carbocycles. The molecular formula is C13H13N3O4. The summed E-state index contributed by atoms with van der Waals surface area (Å²) in [5, 5.41) is 23.7. The smallest absolute Gasteiger partial charge is 0.363 e. The minimum atomic E-state index is -1.39. The van der Waals surface area contributed by atoms with Gasteiger partial charge >= 0.3 is 11.7 Å². The zero-order chi connectivity index (χ0) is 14.7. The number of hydrogen-bond acceptors (Lipinski definition) is 4. The summed E-state index contributed by atoms with van der Waals surface area (Å²) in [5.74, 6) is -1.39. The third kappa shape index (κ3) is 2.66. The molecule has 0 fully saturated rings. The van der Waals surface area contributed by atoms with Crippen LogP contribution in [-0.4, -0.2) is 25.8 Å². The van der Waals surface area contributed by atoms with Crippen molar-refractivity contribution in [1.29, 1.82) is 0 Å². The quantitative estimate of drug-likeness (QED) is 0.665. The Bertz CT molecular complexity index is 649. The molecule has 0 amide bonds. The van der Waals surface area contributed by atoms with Gasteiger partial charge in [0.15, 0.2) is 0 Å². The van der Waals surface area contributed by atoms with Crippen molar-refractivity contribution in [2.24, 2.45) is 0 Å². The Kier molecular flexibility index (Phi) is 3.79. The van der Waals surface area contributed by atoms with Crippen molar-refractivity contribution in [1.82, 2.24) is 9.78 Å². The van der Waals surface area contributed by atoms with Crippen LogP contribution in [0.4, 0.5) is 5.69 Å². The van der Waals surface area contributed by atoms with Gasteiger partial charge in [0.05, 0.1) is 4.92 Å². The molecule has 0 saturated carbocycles. The number of aryl methyl sites for hydroxylation is 2. The largest absolute Gasteiger partial charge is 0.476 e. The van der Waals surface area contributed by atoms with Crippen LogP contribution >= 0.6 is 0 Å². The van der Waals surface area contributed by atoms with E-state index in [9.17, 15) is 14.9 Å². The van der Waals surface area contributed by atoms with Gasteiger partial charge in [0.25, 0.3) is 0 Å². The van der Waals surface area contributed by atoms with Crippen LogP contribution in [0.15, 0.2) is 30.3 Å². The second-order valence-corrected chi connectivity index (χ2v) is 4.30. The minimum absolute atomic E-state index is 0.253. The van der Waals surface area contributed by atoms with Crippen LogP contribution in [0, 0.1) is 17.0 Å². The van der Waals surface area contributed by atoms with E-state index in [0.717, 1.165) is 5.56 Å². The van der Waals surface area contributed by atoms with Gasteiger partial charge in [0.2, 0.25) is 5.69 Å². The van der Waals surface area contributed by atoms with Crippen molar-refractivity contribution in [3.63, 3.8) is 0 Å². The van der Waals surface area contributed by atoms with Gasteiger partial charge in [-0.3, -0.25) is 14.8 Å². The van der Waals surface area contributed by atoms with Crippen LogP contribution in [0.5, 0.6) is 0 Å². The molecule has 104 valence electrons. The molecule has 0 unspecified atom stereocenters. The Hall–Kier alpha value is -2.70. The van der Waals surface area contributed by atoms with E-state index in [2.05, 4.69) is 5.10 Å². The number of nitrogens with zero attached hydrogens (tertiary/aromatic N) is 3. The van der Waals surface area contributed by atoms with E-state index < -0.39 is 22.3 Å². The van der Waals surface area contributed by atoms with E-state index in [1.54, 1.807) is 0 Å². The molecule has 2 aromatic rings. The highest BCUT2D eigenvalue weighted by Gasteiger charge is 2.29. The summed E-state index contributed by atoms with van der Waals surface area (Å²) in [6.07, 6.45) is 0.625. The summed E-state index contributed by atoms with van der Waals surface area (Å²) >= 11 is 0. The normalized spacial score (nSPS) is 10.4. The van der Waals surface area contributed by atoms with Crippen molar-refractivity contribution in [2.45, 2.75) is 19.9 Å². The van der Waals surface area contributed by atoms with Crippen LogP contribution < -0.4 is 0 Å². The molecule has 7 heteroatoms. The summed E-state index contributed by atoms with van der Waals surface area (Å²) in [7, 11) is 0. The molecule has 2 rings (SSSR count). The Morgan fingerprint density at radius 3 is 2.55 bits per heavy atom. The van der Waals surface area contributed by atoms with E-state index in [4.69, 9.17) is 5.11 Å². The summed E-state index contributed by atoms with van der Waals surface area (Å²) in [4.78, 5) is 21.2. The number of carboxylic acid groups (broad SMARTS) is 1. The van der Waals surface area contributed by atoms with Crippen LogP contribution in [-0.2, 0) is 13.0 Å². The zero-order valence-electron chi connectivity index (χ0n) is 10.8. The van der Waals surface area contributed by atoms with Gasteiger partial charge in [-0.2, -0.15) is 5.10 Å². The van der Waals surface area contributed by atoms with Gasteiger partial charge in [-0.05, 0) is 18.9 Å². The highest BCUT2D eigenvalue weighted by atomic mass is 16.6. The van der Waals surface area contributed by atoms with E-state index in [1.807, 2.05) is 30.3 Å². The highest BCUT2D eigenvalue weighted by Crippen LogP contribution is 2.23. The van der Waals surface area contributed by atoms with Gasteiger partial charge in [0, 0.05) is 6.54 Å². The Morgan fingerprint density at radius 2 is 2.05 bits per heavy atom. The first-order valence-electron chi connectivity index (χ1n) is 5.99. The van der Waals surface area contributed by atoms with E-state index in [-0.39, 0.29) is 5.69 Å². The van der Waals surface area contributed by atoms with Crippen molar-refractivity contribution < 1.29 is 14.8 Å². The maximum absolute atomic E-state index is 11.0. The number of aromatic carboxylic acids is 1. The zero-order valence-corrected chi connectivity index (χ0v) is 10.8. The number of benzene rings is 1. The third-order valence-electron chi connectivity index (χ3n) is 3.02. The molecule has 0 radical (unpaired) electrons. The van der Waals surface area contributed by atoms with Crippen LogP contribution in [0.1, 0.15) is 21.7 Å². The summed E-state index contributed by atoms with van der Waals surface area (Å²) in [5.41, 5.74) is 0.358. The lowest BCUT2D eigenvalue weighted by Crippen LogP contribution is -2.06. The molecule has 0 spiro atoms. The third-order valence-corrected chi connectivity index (χ3v) is 3.02. The van der Waals surface area contributed by atoms with Crippen molar-refractivity contribution in [3.05, 3.63) is 57.4 Å². The molecule has 1 N–H and O–H groups in total. The van der Waals surface area contributed by atoms with Gasteiger partial charge in [-0.25, -0.2) is 4.79 Å². The monoisotopic (exact) mass is 275 g/mol. The van der Waals surface area contributed by atoms with Crippen molar-refractivity contribution >= 4 is 11.7 Å². The second kappa shape index (κ2) is 5.52. The van der Waals surface area contributed by atoms with E-state index in [1.165, 1.54) is 11.6 Å². The van der Waals surface area contributed by atoms with Crippen LogP contribution in [0.2, 0.25) is 0 Å². The number of hydrogen-bond donors (Lipinski definition) is 1. The standard InChI is InChI=1S/C13H13N3O4/c1-9-12(16(19)20)11(13(17)18)14-15(9)8-7-10-5-3-2-4-6-10/h2-6H,7-8H2,1H3,(H,17,18). The first-order valence-corrected chi connectivity index (χ1v) is 5.99. The van der Waals surface area contributed by atoms with Crippen molar-refractivity contribution in [2.75, 3.05) is 0 Å². The minimum Gasteiger partial charge on any atom is -0.476 e. The average Bonchev–Trinajstić information content (AvgIpc) is 2.75. The first kappa shape index (κ1) is 13.7. The molecule has 7 nitrogen and oxygen atoms in total. The topological polar surface area (TPSA) is 98.3 Å². The first-order chi connectivity index (χ1) is 9.50. The van der Waals surface area contributed by atoms with Gasteiger partial charge in [0.1, 0.15) is 5.69 Å². The maximum atomic E-state index is 11.0. The molecule has 0 saturated heterocycles. The van der Waals surface area contributed by atoms with E-state index in [0.29, 0.717) is 13.0 Å². The molecule has 0 aliphatic heterocycles. The summed E-state index contributed by atoms with van der Waals surface area (Å²) < 4.78 is 1.37. The van der Waals surface area contributed by atoms with Crippen LogP contribution in [0.3, 0.4) is 0 Å². The molecule has 0 bridgehead atoms. The van der Waals surface area contributed by atoms with Crippen molar-refractivity contribution in [3.8, 4) is 0 Å². The molecule has 0 aliphatic rings. The Labute approximate surface area is 114 Å². The fourth-order valence-electron chi connectivity index (χ4n) is 2.00. The maximum Gasteiger partial charge on any atom is 0.363 e. The highest BCUT2D eigenvalue weighted by molar-refractivity contribution is 5.90. The fourth-order valence-corrected chi connectivity index (χ4v) is 2.00. The lowest BCUT2D eigenvalue weighted by Gasteiger charge is -2.03. The number of aromatic nitrogens is 2. The molecule has 1 aromatic carbocycles. The fraction of sp³-hybridized carbons (Fsp3) is 0.231.